The summed E-state index contributed by atoms with van der Waals surface area (Å²) in [6.45, 7) is 13.2. The SMILES string of the molecule is CCNC(=NCC(C)CN1CCOCC1)NC1CCN(c2ccccc2)C1. The summed E-state index contributed by atoms with van der Waals surface area (Å²) in [5, 5.41) is 7.05. The average Bonchev–Trinajstić information content (AvgIpc) is 3.16. The molecule has 2 aliphatic rings. The Hall–Kier alpha value is -1.79. The third-order valence-electron chi connectivity index (χ3n) is 5.23. The molecule has 2 fully saturated rings. The molecule has 0 spiro atoms. The molecule has 1 aromatic rings. The minimum atomic E-state index is 0.442. The van der Waals surface area contributed by atoms with E-state index < -0.39 is 0 Å². The molecule has 6 heteroatoms. The van der Waals surface area contributed by atoms with Crippen LogP contribution in [-0.4, -0.2) is 75.9 Å². The monoisotopic (exact) mass is 373 g/mol. The highest BCUT2D eigenvalue weighted by molar-refractivity contribution is 5.80. The van der Waals surface area contributed by atoms with E-state index in [4.69, 9.17) is 9.73 Å². The molecule has 0 bridgehead atoms. The average molecular weight is 374 g/mol. The number of benzene rings is 1. The maximum atomic E-state index is 5.43. The molecular weight excluding hydrogens is 338 g/mol. The van der Waals surface area contributed by atoms with Gasteiger partial charge in [-0.05, 0) is 31.4 Å². The number of rotatable bonds is 7. The maximum Gasteiger partial charge on any atom is 0.191 e. The van der Waals surface area contributed by atoms with Gasteiger partial charge in [-0.2, -0.15) is 0 Å². The van der Waals surface area contributed by atoms with Crippen molar-refractivity contribution in [2.45, 2.75) is 26.3 Å². The molecule has 2 heterocycles. The Morgan fingerprint density at radius 2 is 2.00 bits per heavy atom. The summed E-state index contributed by atoms with van der Waals surface area (Å²) in [4.78, 5) is 9.79. The van der Waals surface area contributed by atoms with Crippen molar-refractivity contribution in [3.05, 3.63) is 30.3 Å². The van der Waals surface area contributed by atoms with Gasteiger partial charge in [0, 0.05) is 57.5 Å². The quantitative estimate of drug-likeness (QED) is 0.564. The van der Waals surface area contributed by atoms with Crippen molar-refractivity contribution in [3.8, 4) is 0 Å². The molecule has 0 amide bonds. The first-order valence-electron chi connectivity index (χ1n) is 10.4. The number of nitrogens with zero attached hydrogens (tertiary/aromatic N) is 3. The lowest BCUT2D eigenvalue weighted by Gasteiger charge is -2.28. The molecule has 3 rings (SSSR count). The van der Waals surface area contributed by atoms with Crippen LogP contribution in [0.15, 0.2) is 35.3 Å². The van der Waals surface area contributed by atoms with Crippen LogP contribution in [0.3, 0.4) is 0 Å². The summed E-state index contributed by atoms with van der Waals surface area (Å²) in [5.74, 6) is 1.49. The second-order valence-electron chi connectivity index (χ2n) is 7.65. The summed E-state index contributed by atoms with van der Waals surface area (Å²) in [5.41, 5.74) is 1.31. The fraction of sp³-hybridized carbons (Fsp3) is 0.667. The Labute approximate surface area is 164 Å². The zero-order valence-corrected chi connectivity index (χ0v) is 16.9. The van der Waals surface area contributed by atoms with Crippen molar-refractivity contribution < 1.29 is 4.74 Å². The van der Waals surface area contributed by atoms with E-state index in [9.17, 15) is 0 Å². The van der Waals surface area contributed by atoms with E-state index >= 15 is 0 Å². The highest BCUT2D eigenvalue weighted by atomic mass is 16.5. The fourth-order valence-corrected chi connectivity index (χ4v) is 3.79. The normalized spacial score (nSPS) is 22.7. The van der Waals surface area contributed by atoms with Crippen molar-refractivity contribution in [3.63, 3.8) is 0 Å². The van der Waals surface area contributed by atoms with Gasteiger partial charge in [0.15, 0.2) is 5.96 Å². The Balaban J connectivity index is 1.47. The van der Waals surface area contributed by atoms with Gasteiger partial charge in [-0.1, -0.05) is 25.1 Å². The third kappa shape index (κ3) is 6.40. The highest BCUT2D eigenvalue weighted by Crippen LogP contribution is 2.19. The lowest BCUT2D eigenvalue weighted by molar-refractivity contribution is 0.0323. The first-order valence-corrected chi connectivity index (χ1v) is 10.4. The van der Waals surface area contributed by atoms with E-state index in [2.05, 4.69) is 64.6 Å². The second-order valence-corrected chi connectivity index (χ2v) is 7.65. The van der Waals surface area contributed by atoms with E-state index in [0.717, 1.165) is 71.4 Å². The highest BCUT2D eigenvalue weighted by Gasteiger charge is 2.23. The topological polar surface area (TPSA) is 52.1 Å². The van der Waals surface area contributed by atoms with Crippen LogP contribution < -0.4 is 15.5 Å². The molecule has 6 nitrogen and oxygen atoms in total. The molecule has 0 radical (unpaired) electrons. The predicted octanol–water partition coefficient (Wildman–Crippen LogP) is 1.79. The van der Waals surface area contributed by atoms with Gasteiger partial charge in [0.1, 0.15) is 0 Å². The van der Waals surface area contributed by atoms with Crippen LogP contribution in [0.5, 0.6) is 0 Å². The van der Waals surface area contributed by atoms with Gasteiger partial charge in [0.25, 0.3) is 0 Å². The molecule has 2 aliphatic heterocycles. The van der Waals surface area contributed by atoms with Crippen LogP contribution >= 0.6 is 0 Å². The number of hydrogen-bond donors (Lipinski definition) is 2. The van der Waals surface area contributed by atoms with Gasteiger partial charge in [0.05, 0.1) is 13.2 Å². The molecule has 0 aromatic heterocycles. The number of morpholine rings is 1. The lowest BCUT2D eigenvalue weighted by Crippen LogP contribution is -2.45. The van der Waals surface area contributed by atoms with Crippen molar-refractivity contribution in [1.82, 2.24) is 15.5 Å². The summed E-state index contributed by atoms with van der Waals surface area (Å²) < 4.78 is 5.43. The van der Waals surface area contributed by atoms with Gasteiger partial charge in [-0.3, -0.25) is 9.89 Å². The molecule has 1 aromatic carbocycles. The first kappa shape index (κ1) is 20.0. The zero-order chi connectivity index (χ0) is 18.9. The van der Waals surface area contributed by atoms with E-state index in [1.54, 1.807) is 0 Å². The van der Waals surface area contributed by atoms with E-state index in [0.29, 0.717) is 12.0 Å². The van der Waals surface area contributed by atoms with Crippen molar-refractivity contribution in [2.24, 2.45) is 10.9 Å². The molecule has 0 aliphatic carbocycles. The number of nitrogens with one attached hydrogen (secondary N) is 2. The lowest BCUT2D eigenvalue weighted by atomic mass is 10.1. The number of para-hydroxylation sites is 1. The molecule has 2 saturated heterocycles. The minimum absolute atomic E-state index is 0.442. The minimum Gasteiger partial charge on any atom is -0.379 e. The molecule has 2 N–H and O–H groups in total. The maximum absolute atomic E-state index is 5.43. The Morgan fingerprint density at radius 1 is 1.22 bits per heavy atom. The van der Waals surface area contributed by atoms with Gasteiger partial charge < -0.3 is 20.3 Å². The molecule has 2 atom stereocenters. The van der Waals surface area contributed by atoms with Gasteiger partial charge in [0.2, 0.25) is 0 Å². The smallest absolute Gasteiger partial charge is 0.191 e. The van der Waals surface area contributed by atoms with Crippen LogP contribution in [0.2, 0.25) is 0 Å². The van der Waals surface area contributed by atoms with Crippen LogP contribution in [0, 0.1) is 5.92 Å². The predicted molar refractivity (Wildman–Crippen MR) is 113 cm³/mol. The number of hydrogen-bond acceptors (Lipinski definition) is 4. The van der Waals surface area contributed by atoms with Gasteiger partial charge in [-0.15, -0.1) is 0 Å². The second kappa shape index (κ2) is 10.5. The zero-order valence-electron chi connectivity index (χ0n) is 16.9. The molecular formula is C21H35N5O. The summed E-state index contributed by atoms with van der Waals surface area (Å²) in [6, 6.07) is 11.1. The van der Waals surface area contributed by atoms with E-state index in [1.807, 2.05) is 0 Å². The van der Waals surface area contributed by atoms with Crippen molar-refractivity contribution in [2.75, 3.05) is 63.9 Å². The van der Waals surface area contributed by atoms with Gasteiger partial charge >= 0.3 is 0 Å². The van der Waals surface area contributed by atoms with Crippen LogP contribution in [0.25, 0.3) is 0 Å². The van der Waals surface area contributed by atoms with Gasteiger partial charge in [-0.25, -0.2) is 0 Å². The fourth-order valence-electron chi connectivity index (χ4n) is 3.79. The number of ether oxygens (including phenoxy) is 1. The first-order chi connectivity index (χ1) is 13.2. The van der Waals surface area contributed by atoms with Crippen LogP contribution in [0.4, 0.5) is 5.69 Å². The Kier molecular flexibility index (Phi) is 7.78. The summed E-state index contributed by atoms with van der Waals surface area (Å²) >= 11 is 0. The molecule has 27 heavy (non-hydrogen) atoms. The van der Waals surface area contributed by atoms with Crippen molar-refractivity contribution in [1.29, 1.82) is 0 Å². The standard InChI is InChI=1S/C21H35N5O/c1-3-22-21(23-15-18(2)16-25-11-13-27-14-12-25)24-19-9-10-26(17-19)20-7-5-4-6-8-20/h4-8,18-19H,3,9-17H2,1-2H3,(H2,22,23,24). The Bertz CT molecular complexity index is 573. The van der Waals surface area contributed by atoms with E-state index in [-0.39, 0.29) is 0 Å². The Morgan fingerprint density at radius 3 is 2.74 bits per heavy atom. The third-order valence-corrected chi connectivity index (χ3v) is 5.23. The molecule has 2 unspecified atom stereocenters. The van der Waals surface area contributed by atoms with E-state index in [1.165, 1.54) is 5.69 Å². The van der Waals surface area contributed by atoms with Crippen LogP contribution in [-0.2, 0) is 4.74 Å². The number of guanidine groups is 1. The molecule has 0 saturated carbocycles. The number of aliphatic imine (C=N–C) groups is 1. The van der Waals surface area contributed by atoms with Crippen LogP contribution in [0.1, 0.15) is 20.3 Å². The molecule has 150 valence electrons. The summed E-state index contributed by atoms with van der Waals surface area (Å²) in [6.07, 6.45) is 1.14. The van der Waals surface area contributed by atoms with Crippen molar-refractivity contribution >= 4 is 11.6 Å². The largest absolute Gasteiger partial charge is 0.379 e. The number of anilines is 1. The summed E-state index contributed by atoms with van der Waals surface area (Å²) in [7, 11) is 0.